The van der Waals surface area contributed by atoms with Crippen molar-refractivity contribution >= 4 is 23.7 Å². The van der Waals surface area contributed by atoms with Gasteiger partial charge in [-0.25, -0.2) is 9.59 Å². The third-order valence-electron chi connectivity index (χ3n) is 2.57. The van der Waals surface area contributed by atoms with E-state index in [2.05, 4.69) is 10.3 Å². The van der Waals surface area contributed by atoms with Gasteiger partial charge in [-0.3, -0.25) is 4.98 Å². The third-order valence-corrected chi connectivity index (χ3v) is 2.85. The van der Waals surface area contributed by atoms with E-state index >= 15 is 0 Å². The van der Waals surface area contributed by atoms with Crippen LogP contribution < -0.4 is 5.32 Å². The maximum Gasteiger partial charge on any atom is 0.408 e. The van der Waals surface area contributed by atoms with Gasteiger partial charge in [0.2, 0.25) is 0 Å². The fourth-order valence-electron chi connectivity index (χ4n) is 1.66. The molecule has 122 valence electrons. The van der Waals surface area contributed by atoms with Crippen LogP contribution in [0.1, 0.15) is 38.1 Å². The van der Waals surface area contributed by atoms with Crippen LogP contribution in [0.2, 0.25) is 0 Å². The Kier molecular flexibility index (Phi) is 6.13. The average Bonchev–Trinajstić information content (AvgIpc) is 2.42. The van der Waals surface area contributed by atoms with Gasteiger partial charge in [0.25, 0.3) is 0 Å². The monoisotopic (exact) mass is 330 g/mol. The zero-order valence-electron chi connectivity index (χ0n) is 12.5. The summed E-state index contributed by atoms with van der Waals surface area (Å²) in [6.07, 6.45) is -0.983. The Morgan fingerprint density at radius 1 is 1.45 bits per heavy atom. The lowest BCUT2D eigenvalue weighted by Gasteiger charge is -2.24. The van der Waals surface area contributed by atoms with Crippen LogP contribution in [0.4, 0.5) is 4.79 Å². The Balaban J connectivity index is 2.90. The van der Waals surface area contributed by atoms with Crippen molar-refractivity contribution < 1.29 is 24.5 Å². The molecule has 0 spiro atoms. The van der Waals surface area contributed by atoms with Gasteiger partial charge in [0.05, 0.1) is 11.6 Å². The Hall–Kier alpha value is -1.86. The zero-order valence-corrected chi connectivity index (χ0v) is 13.3. The van der Waals surface area contributed by atoms with Crippen LogP contribution in [-0.2, 0) is 15.4 Å². The number of ether oxygens (including phenoxy) is 1. The molecule has 2 atom stereocenters. The molecule has 0 saturated heterocycles. The number of hydrogen-bond acceptors (Lipinski definition) is 5. The first-order chi connectivity index (χ1) is 10.1. The van der Waals surface area contributed by atoms with E-state index in [4.69, 9.17) is 16.3 Å². The lowest BCUT2D eigenvalue weighted by atomic mass is 10.0. The molecule has 0 radical (unpaired) electrons. The van der Waals surface area contributed by atoms with Crippen molar-refractivity contribution in [1.29, 1.82) is 0 Å². The predicted octanol–water partition coefficient (Wildman–Crippen LogP) is 1.83. The van der Waals surface area contributed by atoms with Gasteiger partial charge in [-0.05, 0) is 38.5 Å². The lowest BCUT2D eigenvalue weighted by Crippen LogP contribution is -2.46. The van der Waals surface area contributed by atoms with E-state index in [0.717, 1.165) is 0 Å². The van der Waals surface area contributed by atoms with Crippen molar-refractivity contribution in [3.63, 3.8) is 0 Å². The van der Waals surface area contributed by atoms with Crippen LogP contribution in [0.5, 0.6) is 0 Å². The predicted molar refractivity (Wildman–Crippen MR) is 79.5 cm³/mol. The summed E-state index contributed by atoms with van der Waals surface area (Å²) in [5.74, 6) is -1.26. The highest BCUT2D eigenvalue weighted by molar-refractivity contribution is 6.16. The number of carboxylic acids is 1. The Bertz CT molecular complexity index is 544. The van der Waals surface area contributed by atoms with Gasteiger partial charge in [-0.1, -0.05) is 0 Å². The number of nitrogens with zero attached hydrogens (tertiary/aromatic N) is 1. The smallest absolute Gasteiger partial charge is 0.408 e. The first-order valence-corrected chi connectivity index (χ1v) is 7.08. The number of hydrogen-bond donors (Lipinski definition) is 3. The second-order valence-electron chi connectivity index (χ2n) is 5.62. The van der Waals surface area contributed by atoms with Crippen molar-refractivity contribution in [1.82, 2.24) is 10.3 Å². The molecule has 0 aliphatic carbocycles. The van der Waals surface area contributed by atoms with E-state index in [1.807, 2.05) is 0 Å². The van der Waals surface area contributed by atoms with Gasteiger partial charge < -0.3 is 20.3 Å². The van der Waals surface area contributed by atoms with Crippen LogP contribution in [0, 0.1) is 0 Å². The van der Waals surface area contributed by atoms with Gasteiger partial charge in [-0.15, -0.1) is 11.6 Å². The van der Waals surface area contributed by atoms with Gasteiger partial charge >= 0.3 is 12.1 Å². The van der Waals surface area contributed by atoms with Gasteiger partial charge in [0, 0.05) is 6.20 Å². The Labute approximate surface area is 133 Å². The first-order valence-electron chi connectivity index (χ1n) is 6.55. The van der Waals surface area contributed by atoms with E-state index in [-0.39, 0.29) is 11.4 Å². The average molecular weight is 331 g/mol. The molecule has 22 heavy (non-hydrogen) atoms. The Morgan fingerprint density at radius 3 is 2.59 bits per heavy atom. The topological polar surface area (TPSA) is 109 Å². The number of halogens is 1. The molecule has 8 heteroatoms. The SMILES string of the molecule is CC(C)(C)OC(=O)NC(C(=O)O)C(O)c1ccnc(CCl)c1. The second-order valence-corrected chi connectivity index (χ2v) is 5.89. The summed E-state index contributed by atoms with van der Waals surface area (Å²) in [5, 5.41) is 21.5. The number of aliphatic hydroxyl groups is 1. The number of aromatic nitrogens is 1. The highest BCUT2D eigenvalue weighted by Gasteiger charge is 2.31. The van der Waals surface area contributed by atoms with E-state index in [1.165, 1.54) is 18.3 Å². The molecule has 1 rings (SSSR count). The van der Waals surface area contributed by atoms with Crippen molar-refractivity contribution in [2.45, 2.75) is 44.4 Å². The van der Waals surface area contributed by atoms with Crippen LogP contribution in [0.25, 0.3) is 0 Å². The number of carbonyl (C=O) groups excluding carboxylic acids is 1. The molecule has 1 aromatic rings. The van der Waals surface area contributed by atoms with Crippen LogP contribution in [0.3, 0.4) is 0 Å². The fourth-order valence-corrected chi connectivity index (χ4v) is 1.80. The highest BCUT2D eigenvalue weighted by Crippen LogP contribution is 2.19. The molecule has 1 heterocycles. The minimum atomic E-state index is -1.56. The highest BCUT2D eigenvalue weighted by atomic mass is 35.5. The van der Waals surface area contributed by atoms with E-state index in [9.17, 15) is 19.8 Å². The number of aliphatic carboxylic acids is 1. The minimum absolute atomic E-state index is 0.123. The number of nitrogens with one attached hydrogen (secondary N) is 1. The maximum absolute atomic E-state index is 11.7. The summed E-state index contributed by atoms with van der Waals surface area (Å²) in [7, 11) is 0. The fraction of sp³-hybridized carbons (Fsp3) is 0.500. The maximum atomic E-state index is 11.7. The number of carbonyl (C=O) groups is 2. The first kappa shape index (κ1) is 18.2. The quantitative estimate of drug-likeness (QED) is 0.711. The number of pyridine rings is 1. The van der Waals surface area contributed by atoms with Gasteiger partial charge in [0.15, 0.2) is 6.04 Å². The molecular formula is C14H19ClN2O5. The summed E-state index contributed by atoms with van der Waals surface area (Å²) >= 11 is 5.65. The van der Waals surface area contributed by atoms with Crippen molar-refractivity contribution in [2.75, 3.05) is 0 Å². The largest absolute Gasteiger partial charge is 0.480 e. The molecular weight excluding hydrogens is 312 g/mol. The number of aliphatic hydroxyl groups excluding tert-OH is 1. The second kappa shape index (κ2) is 7.42. The van der Waals surface area contributed by atoms with Crippen molar-refractivity contribution in [3.8, 4) is 0 Å². The summed E-state index contributed by atoms with van der Waals surface area (Å²) in [6.45, 7) is 4.94. The number of amides is 1. The molecule has 0 fully saturated rings. The van der Waals surface area contributed by atoms with E-state index in [0.29, 0.717) is 5.69 Å². The Morgan fingerprint density at radius 2 is 2.09 bits per heavy atom. The van der Waals surface area contributed by atoms with Gasteiger partial charge in [-0.2, -0.15) is 0 Å². The molecule has 0 aliphatic heterocycles. The van der Waals surface area contributed by atoms with E-state index < -0.39 is 29.8 Å². The molecule has 0 bridgehead atoms. The molecule has 1 amide bonds. The normalized spacial score (nSPS) is 14.0. The molecule has 2 unspecified atom stereocenters. The van der Waals surface area contributed by atoms with Gasteiger partial charge in [0.1, 0.15) is 11.7 Å². The number of carboxylic acid groups (broad SMARTS) is 1. The minimum Gasteiger partial charge on any atom is -0.480 e. The summed E-state index contributed by atoms with van der Waals surface area (Å²) in [6, 6.07) is 1.37. The number of alkyl halides is 1. The summed E-state index contributed by atoms with van der Waals surface area (Å²) in [5.41, 5.74) is -0.00526. The molecule has 1 aromatic heterocycles. The van der Waals surface area contributed by atoms with Crippen molar-refractivity contribution in [2.24, 2.45) is 0 Å². The summed E-state index contributed by atoms with van der Waals surface area (Å²) < 4.78 is 4.99. The standard InChI is InChI=1S/C14H19ClN2O5/c1-14(2,3)22-13(21)17-10(12(19)20)11(18)8-4-5-16-9(6-8)7-15/h4-6,10-11,18H,7H2,1-3H3,(H,17,21)(H,19,20). The third kappa shape index (κ3) is 5.50. The van der Waals surface area contributed by atoms with Crippen LogP contribution in [0.15, 0.2) is 18.3 Å². The number of rotatable bonds is 5. The summed E-state index contributed by atoms with van der Waals surface area (Å²) in [4.78, 5) is 26.9. The molecule has 0 aromatic carbocycles. The molecule has 0 saturated carbocycles. The van der Waals surface area contributed by atoms with Crippen LogP contribution >= 0.6 is 11.6 Å². The zero-order chi connectivity index (χ0) is 16.9. The van der Waals surface area contributed by atoms with E-state index in [1.54, 1.807) is 20.8 Å². The van der Waals surface area contributed by atoms with Crippen LogP contribution in [-0.4, -0.2) is 38.9 Å². The molecule has 7 nitrogen and oxygen atoms in total. The van der Waals surface area contributed by atoms with Crippen molar-refractivity contribution in [3.05, 3.63) is 29.6 Å². The molecule has 0 aliphatic rings. The lowest BCUT2D eigenvalue weighted by molar-refractivity contribution is -0.142. The number of alkyl carbamates (subject to hydrolysis) is 1. The molecule has 3 N–H and O–H groups in total.